The van der Waals surface area contributed by atoms with Gasteiger partial charge in [0.05, 0.1) is 23.7 Å². The van der Waals surface area contributed by atoms with Crippen LogP contribution in [0.4, 0.5) is 27.6 Å². The molecular formula is C27H23F5N6O. The molecule has 5 rings (SSSR count). The lowest BCUT2D eigenvalue weighted by molar-refractivity contribution is -0.137. The molecule has 0 fully saturated rings. The Kier molecular flexibility index (Phi) is 6.81. The van der Waals surface area contributed by atoms with Gasteiger partial charge in [0.1, 0.15) is 29.9 Å². The normalized spacial score (nSPS) is 14.3. The Morgan fingerprint density at radius 3 is 2.44 bits per heavy atom. The second kappa shape index (κ2) is 10.1. The standard InChI is InChI=1S/C27H23F5N6O/c1-17(26(39,14-37-16-33-15-35-37)23-8-6-21(28)11-24(23)29)38-13-19-10-22(7-9-25(19)36-38)34-12-18-2-4-20(5-3-18)27(30,31)32/h2-11,13,15-17,34,39H,12,14H2,1H3/t17-,26-/m1/s1. The van der Waals surface area contributed by atoms with E-state index >= 15 is 0 Å². The van der Waals surface area contributed by atoms with E-state index in [4.69, 9.17) is 0 Å². The van der Waals surface area contributed by atoms with Crippen LogP contribution in [0.5, 0.6) is 0 Å². The van der Waals surface area contributed by atoms with Crippen LogP contribution in [-0.4, -0.2) is 29.7 Å². The number of aliphatic hydroxyl groups is 1. The zero-order valence-corrected chi connectivity index (χ0v) is 20.6. The number of hydrogen-bond donors (Lipinski definition) is 2. The van der Waals surface area contributed by atoms with E-state index in [0.717, 1.165) is 18.2 Å². The van der Waals surface area contributed by atoms with E-state index < -0.39 is 35.0 Å². The molecule has 0 aliphatic rings. The van der Waals surface area contributed by atoms with Crippen molar-refractivity contribution in [1.29, 1.82) is 0 Å². The average molecular weight is 543 g/mol. The summed E-state index contributed by atoms with van der Waals surface area (Å²) in [7, 11) is 0. The van der Waals surface area contributed by atoms with E-state index in [1.165, 1.54) is 40.2 Å². The van der Waals surface area contributed by atoms with Gasteiger partial charge in [-0.3, -0.25) is 4.68 Å². The number of aromatic nitrogens is 5. The fraction of sp³-hybridized carbons (Fsp3) is 0.222. The molecule has 2 atom stereocenters. The highest BCUT2D eigenvalue weighted by Crippen LogP contribution is 2.37. The van der Waals surface area contributed by atoms with E-state index in [1.807, 2.05) is 6.07 Å². The fourth-order valence-corrected chi connectivity index (χ4v) is 4.43. The number of nitrogens with one attached hydrogen (secondary N) is 1. The Balaban J connectivity index is 1.40. The number of benzene rings is 3. The Morgan fingerprint density at radius 2 is 1.77 bits per heavy atom. The molecule has 0 amide bonds. The number of anilines is 1. The molecule has 0 saturated heterocycles. The van der Waals surface area contributed by atoms with Gasteiger partial charge in [0, 0.05) is 35.4 Å². The molecule has 7 nitrogen and oxygen atoms in total. The summed E-state index contributed by atoms with van der Waals surface area (Å²) >= 11 is 0. The summed E-state index contributed by atoms with van der Waals surface area (Å²) in [5.41, 5.74) is -0.727. The first-order valence-corrected chi connectivity index (χ1v) is 11.9. The van der Waals surface area contributed by atoms with Crippen molar-refractivity contribution in [2.45, 2.75) is 37.8 Å². The van der Waals surface area contributed by atoms with Crippen molar-refractivity contribution in [2.24, 2.45) is 0 Å². The van der Waals surface area contributed by atoms with Gasteiger partial charge in [0.2, 0.25) is 0 Å². The van der Waals surface area contributed by atoms with Gasteiger partial charge in [-0.2, -0.15) is 23.4 Å². The number of hydrogen-bond acceptors (Lipinski definition) is 5. The second-order valence-electron chi connectivity index (χ2n) is 9.25. The van der Waals surface area contributed by atoms with Crippen molar-refractivity contribution in [3.05, 3.63) is 108 Å². The highest BCUT2D eigenvalue weighted by molar-refractivity contribution is 5.82. The van der Waals surface area contributed by atoms with Crippen LogP contribution >= 0.6 is 0 Å². The van der Waals surface area contributed by atoms with Crippen LogP contribution in [0.15, 0.2) is 79.5 Å². The van der Waals surface area contributed by atoms with Crippen LogP contribution in [0.3, 0.4) is 0 Å². The molecule has 2 aromatic heterocycles. The molecule has 2 heterocycles. The molecule has 0 unspecified atom stereocenters. The van der Waals surface area contributed by atoms with Gasteiger partial charge in [-0.1, -0.05) is 18.2 Å². The summed E-state index contributed by atoms with van der Waals surface area (Å²) in [5, 5.41) is 24.3. The minimum absolute atomic E-state index is 0.120. The van der Waals surface area contributed by atoms with Crippen molar-refractivity contribution in [1.82, 2.24) is 24.5 Å². The number of rotatable bonds is 8. The van der Waals surface area contributed by atoms with Gasteiger partial charge in [-0.25, -0.2) is 18.4 Å². The van der Waals surface area contributed by atoms with Gasteiger partial charge in [0.15, 0.2) is 0 Å². The monoisotopic (exact) mass is 542 g/mol. The van der Waals surface area contributed by atoms with Crippen LogP contribution in [0.25, 0.3) is 10.9 Å². The Bertz CT molecular complexity index is 1580. The predicted octanol–water partition coefficient (Wildman–Crippen LogP) is 5.69. The van der Waals surface area contributed by atoms with Gasteiger partial charge in [0.25, 0.3) is 0 Å². The van der Waals surface area contributed by atoms with Crippen LogP contribution < -0.4 is 5.32 Å². The third kappa shape index (κ3) is 5.46. The van der Waals surface area contributed by atoms with Crippen LogP contribution in [0.1, 0.15) is 29.7 Å². The summed E-state index contributed by atoms with van der Waals surface area (Å²) in [4.78, 5) is 3.88. The minimum atomic E-state index is -4.39. The lowest BCUT2D eigenvalue weighted by Gasteiger charge is -2.34. The summed E-state index contributed by atoms with van der Waals surface area (Å²) in [6, 6.07) is 12.4. The third-order valence-electron chi connectivity index (χ3n) is 6.66. The van der Waals surface area contributed by atoms with Gasteiger partial charge in [-0.15, -0.1) is 0 Å². The van der Waals surface area contributed by atoms with E-state index in [1.54, 1.807) is 25.3 Å². The zero-order chi connectivity index (χ0) is 27.8. The highest BCUT2D eigenvalue weighted by Gasteiger charge is 2.41. The molecule has 2 N–H and O–H groups in total. The van der Waals surface area contributed by atoms with E-state index in [-0.39, 0.29) is 12.1 Å². The Morgan fingerprint density at radius 1 is 1.00 bits per heavy atom. The van der Waals surface area contributed by atoms with Crippen molar-refractivity contribution >= 4 is 16.6 Å². The Labute approximate surface area is 219 Å². The van der Waals surface area contributed by atoms with E-state index in [9.17, 15) is 27.1 Å². The first kappa shape index (κ1) is 26.3. The SMILES string of the molecule is C[C@@H](n1cc2cc(NCc3ccc(C(F)(F)F)cc3)ccc2n1)[C@](O)(Cn1cncn1)c1ccc(F)cc1F. The maximum absolute atomic E-state index is 14.9. The molecule has 0 aliphatic carbocycles. The quantitative estimate of drug-likeness (QED) is 0.247. The first-order chi connectivity index (χ1) is 18.5. The molecule has 0 spiro atoms. The summed E-state index contributed by atoms with van der Waals surface area (Å²) in [6.07, 6.45) is -0.0317. The molecule has 39 heavy (non-hydrogen) atoms. The predicted molar refractivity (Wildman–Crippen MR) is 133 cm³/mol. The van der Waals surface area contributed by atoms with Crippen LogP contribution in [0.2, 0.25) is 0 Å². The van der Waals surface area contributed by atoms with Crippen molar-refractivity contribution in [2.75, 3.05) is 5.32 Å². The summed E-state index contributed by atoms with van der Waals surface area (Å²) < 4.78 is 69.8. The van der Waals surface area contributed by atoms with Gasteiger partial charge in [-0.05, 0) is 48.9 Å². The molecule has 0 saturated carbocycles. The fourth-order valence-electron chi connectivity index (χ4n) is 4.43. The number of halogens is 5. The van der Waals surface area contributed by atoms with Crippen molar-refractivity contribution < 1.29 is 27.1 Å². The number of fused-ring (bicyclic) bond motifs is 1. The average Bonchev–Trinajstić information content (AvgIpc) is 3.56. The van der Waals surface area contributed by atoms with E-state index in [0.29, 0.717) is 34.8 Å². The molecule has 202 valence electrons. The van der Waals surface area contributed by atoms with Crippen molar-refractivity contribution in [3.63, 3.8) is 0 Å². The van der Waals surface area contributed by atoms with Crippen molar-refractivity contribution in [3.8, 4) is 0 Å². The van der Waals surface area contributed by atoms with Gasteiger partial charge < -0.3 is 10.4 Å². The number of nitrogens with zero attached hydrogens (tertiary/aromatic N) is 5. The highest BCUT2D eigenvalue weighted by atomic mass is 19.4. The third-order valence-corrected chi connectivity index (χ3v) is 6.66. The molecule has 0 bridgehead atoms. The molecular weight excluding hydrogens is 519 g/mol. The maximum Gasteiger partial charge on any atom is 0.416 e. The largest absolute Gasteiger partial charge is 0.416 e. The molecule has 12 heteroatoms. The Hall–Kier alpha value is -4.32. The summed E-state index contributed by atoms with van der Waals surface area (Å²) in [5.74, 6) is -1.68. The molecule has 0 radical (unpaired) electrons. The molecule has 0 aliphatic heterocycles. The molecule has 5 aromatic rings. The molecule has 3 aromatic carbocycles. The smallest absolute Gasteiger partial charge is 0.381 e. The topological polar surface area (TPSA) is 80.8 Å². The minimum Gasteiger partial charge on any atom is -0.381 e. The lowest BCUT2D eigenvalue weighted by Crippen LogP contribution is -2.40. The van der Waals surface area contributed by atoms with Gasteiger partial charge >= 0.3 is 6.18 Å². The zero-order valence-electron chi connectivity index (χ0n) is 20.6. The first-order valence-electron chi connectivity index (χ1n) is 11.9. The lowest BCUT2D eigenvalue weighted by atomic mass is 9.86. The number of alkyl halides is 3. The van der Waals surface area contributed by atoms with Crippen LogP contribution in [-0.2, 0) is 24.9 Å². The maximum atomic E-state index is 14.9. The second-order valence-corrected chi connectivity index (χ2v) is 9.25. The van der Waals surface area contributed by atoms with Crippen LogP contribution in [0, 0.1) is 11.6 Å². The summed E-state index contributed by atoms with van der Waals surface area (Å²) in [6.45, 7) is 1.79. The van der Waals surface area contributed by atoms with E-state index in [2.05, 4.69) is 20.5 Å².